The number of hydrogen-bond acceptors (Lipinski definition) is 3. The molecule has 1 saturated heterocycles. The van der Waals surface area contributed by atoms with E-state index in [-0.39, 0.29) is 12.4 Å². The molecule has 2 aromatic rings. The van der Waals surface area contributed by atoms with Gasteiger partial charge in [0.2, 0.25) is 0 Å². The van der Waals surface area contributed by atoms with Crippen molar-refractivity contribution in [3.05, 3.63) is 36.1 Å². The Morgan fingerprint density at radius 3 is 3.00 bits per heavy atom. The standard InChI is InChI=1S/C14H18N2O.ClH/c15-12-4-3-7-16(9-12)8-11-10-17-14-6-2-1-5-13(11)14;/h1-2,5-6,10,12H,3-4,7-9,15H2;1H. The van der Waals surface area contributed by atoms with Gasteiger partial charge in [-0.3, -0.25) is 4.90 Å². The number of furan rings is 1. The van der Waals surface area contributed by atoms with E-state index >= 15 is 0 Å². The average molecular weight is 267 g/mol. The van der Waals surface area contributed by atoms with E-state index in [4.69, 9.17) is 10.2 Å². The van der Waals surface area contributed by atoms with Gasteiger partial charge in [-0.2, -0.15) is 0 Å². The van der Waals surface area contributed by atoms with E-state index in [0.717, 1.165) is 31.6 Å². The molecule has 0 aliphatic carbocycles. The van der Waals surface area contributed by atoms with Gasteiger partial charge in [-0.15, -0.1) is 12.4 Å². The van der Waals surface area contributed by atoms with E-state index < -0.39 is 0 Å². The van der Waals surface area contributed by atoms with Gasteiger partial charge in [0.15, 0.2) is 0 Å². The molecule has 0 spiro atoms. The van der Waals surface area contributed by atoms with Crippen LogP contribution in [0.25, 0.3) is 11.0 Å². The zero-order chi connectivity index (χ0) is 11.7. The predicted octanol–water partition coefficient (Wildman–Crippen LogP) is 2.78. The minimum atomic E-state index is 0. The van der Waals surface area contributed by atoms with Crippen LogP contribution in [0, 0.1) is 0 Å². The summed E-state index contributed by atoms with van der Waals surface area (Å²) in [6.45, 7) is 3.09. The Labute approximate surface area is 113 Å². The minimum absolute atomic E-state index is 0. The lowest BCUT2D eigenvalue weighted by molar-refractivity contribution is 0.201. The number of para-hydroxylation sites is 1. The molecular weight excluding hydrogens is 248 g/mol. The van der Waals surface area contributed by atoms with Crippen LogP contribution >= 0.6 is 12.4 Å². The second-order valence-electron chi connectivity index (χ2n) is 4.89. The number of piperidine rings is 1. The minimum Gasteiger partial charge on any atom is -0.464 e. The highest BCUT2D eigenvalue weighted by Gasteiger charge is 2.18. The van der Waals surface area contributed by atoms with E-state index in [1.165, 1.54) is 17.4 Å². The van der Waals surface area contributed by atoms with Gasteiger partial charge in [0.1, 0.15) is 5.58 Å². The van der Waals surface area contributed by atoms with Crippen molar-refractivity contribution in [3.63, 3.8) is 0 Å². The molecule has 1 atom stereocenters. The number of rotatable bonds is 2. The summed E-state index contributed by atoms with van der Waals surface area (Å²) < 4.78 is 5.56. The van der Waals surface area contributed by atoms with Crippen LogP contribution in [0.2, 0.25) is 0 Å². The Hall–Kier alpha value is -1.03. The first-order valence-corrected chi connectivity index (χ1v) is 6.26. The highest BCUT2D eigenvalue weighted by molar-refractivity contribution is 5.85. The Morgan fingerprint density at radius 2 is 2.17 bits per heavy atom. The zero-order valence-electron chi connectivity index (χ0n) is 10.3. The maximum absolute atomic E-state index is 6.00. The van der Waals surface area contributed by atoms with E-state index in [2.05, 4.69) is 17.0 Å². The topological polar surface area (TPSA) is 42.4 Å². The lowest BCUT2D eigenvalue weighted by Gasteiger charge is -2.30. The second-order valence-corrected chi connectivity index (χ2v) is 4.89. The Bertz CT molecular complexity index is 511. The van der Waals surface area contributed by atoms with Crippen molar-refractivity contribution in [1.29, 1.82) is 0 Å². The molecule has 3 rings (SSSR count). The number of fused-ring (bicyclic) bond motifs is 1. The molecule has 98 valence electrons. The van der Waals surface area contributed by atoms with Crippen LogP contribution in [0.5, 0.6) is 0 Å². The first-order chi connectivity index (χ1) is 8.33. The van der Waals surface area contributed by atoms with Gasteiger partial charge < -0.3 is 10.2 Å². The SMILES string of the molecule is Cl.NC1CCCN(Cc2coc3ccccc23)C1. The highest BCUT2D eigenvalue weighted by atomic mass is 35.5. The fourth-order valence-corrected chi connectivity index (χ4v) is 2.63. The number of nitrogens with zero attached hydrogens (tertiary/aromatic N) is 1. The highest BCUT2D eigenvalue weighted by Crippen LogP contribution is 2.23. The van der Waals surface area contributed by atoms with Crippen LogP contribution < -0.4 is 5.73 Å². The van der Waals surface area contributed by atoms with E-state index in [1.807, 2.05) is 18.4 Å². The molecule has 1 aliphatic rings. The van der Waals surface area contributed by atoms with Gasteiger partial charge in [0, 0.05) is 30.1 Å². The van der Waals surface area contributed by atoms with Crippen LogP contribution in [0.4, 0.5) is 0 Å². The third-order valence-corrected chi connectivity index (χ3v) is 3.50. The summed E-state index contributed by atoms with van der Waals surface area (Å²) in [5, 5.41) is 1.23. The molecule has 1 fully saturated rings. The predicted molar refractivity (Wildman–Crippen MR) is 75.9 cm³/mol. The Morgan fingerprint density at radius 1 is 1.33 bits per heavy atom. The summed E-state index contributed by atoms with van der Waals surface area (Å²) in [7, 11) is 0. The molecule has 0 radical (unpaired) electrons. The van der Waals surface area contributed by atoms with Crippen molar-refractivity contribution in [2.75, 3.05) is 13.1 Å². The summed E-state index contributed by atoms with van der Waals surface area (Å²) in [4.78, 5) is 2.42. The van der Waals surface area contributed by atoms with Gasteiger partial charge in [0.05, 0.1) is 6.26 Å². The summed E-state index contributed by atoms with van der Waals surface area (Å²) in [6, 6.07) is 8.54. The normalized spacial score (nSPS) is 20.8. The third-order valence-electron chi connectivity index (χ3n) is 3.50. The summed E-state index contributed by atoms with van der Waals surface area (Å²) in [5.74, 6) is 0. The number of halogens is 1. The van der Waals surface area contributed by atoms with Crippen molar-refractivity contribution in [3.8, 4) is 0 Å². The van der Waals surface area contributed by atoms with Crippen LogP contribution in [0.1, 0.15) is 18.4 Å². The molecule has 2 N–H and O–H groups in total. The maximum Gasteiger partial charge on any atom is 0.134 e. The molecule has 4 heteroatoms. The first kappa shape index (κ1) is 13.4. The molecule has 0 saturated carbocycles. The van der Waals surface area contributed by atoms with Gasteiger partial charge in [0.25, 0.3) is 0 Å². The molecule has 0 bridgehead atoms. The molecule has 2 heterocycles. The van der Waals surface area contributed by atoms with Crippen molar-refractivity contribution in [1.82, 2.24) is 4.90 Å². The first-order valence-electron chi connectivity index (χ1n) is 6.26. The molecule has 0 amide bonds. The fourth-order valence-electron chi connectivity index (χ4n) is 2.63. The van der Waals surface area contributed by atoms with Crippen LogP contribution in [0.3, 0.4) is 0 Å². The van der Waals surface area contributed by atoms with Gasteiger partial charge in [-0.05, 0) is 25.5 Å². The molecule has 18 heavy (non-hydrogen) atoms. The number of nitrogens with two attached hydrogens (primary N) is 1. The van der Waals surface area contributed by atoms with Crippen molar-refractivity contribution < 1.29 is 4.42 Å². The molecule has 1 unspecified atom stereocenters. The fraction of sp³-hybridized carbons (Fsp3) is 0.429. The van der Waals surface area contributed by atoms with E-state index in [0.29, 0.717) is 6.04 Å². The van der Waals surface area contributed by atoms with Crippen molar-refractivity contribution >= 4 is 23.4 Å². The Kier molecular flexibility index (Phi) is 4.27. The summed E-state index contributed by atoms with van der Waals surface area (Å²) in [5.41, 5.74) is 8.25. The summed E-state index contributed by atoms with van der Waals surface area (Å²) >= 11 is 0. The number of likely N-dealkylation sites (tertiary alicyclic amines) is 1. The van der Waals surface area contributed by atoms with Crippen LogP contribution in [-0.4, -0.2) is 24.0 Å². The smallest absolute Gasteiger partial charge is 0.134 e. The summed E-state index contributed by atoms with van der Waals surface area (Å²) in [6.07, 6.45) is 4.24. The number of benzene rings is 1. The average Bonchev–Trinajstić information content (AvgIpc) is 2.73. The van der Waals surface area contributed by atoms with Crippen molar-refractivity contribution in [2.24, 2.45) is 5.73 Å². The van der Waals surface area contributed by atoms with Crippen LogP contribution in [-0.2, 0) is 6.54 Å². The lowest BCUT2D eigenvalue weighted by Crippen LogP contribution is -2.42. The van der Waals surface area contributed by atoms with Crippen LogP contribution in [0.15, 0.2) is 34.9 Å². The van der Waals surface area contributed by atoms with Gasteiger partial charge >= 0.3 is 0 Å². The van der Waals surface area contributed by atoms with Crippen molar-refractivity contribution in [2.45, 2.75) is 25.4 Å². The molecule has 1 aliphatic heterocycles. The number of hydrogen-bond donors (Lipinski definition) is 1. The Balaban J connectivity index is 0.00000120. The molecular formula is C14H19ClN2O. The molecule has 3 nitrogen and oxygen atoms in total. The maximum atomic E-state index is 6.00. The van der Waals surface area contributed by atoms with E-state index in [1.54, 1.807) is 0 Å². The third kappa shape index (κ3) is 2.69. The van der Waals surface area contributed by atoms with Gasteiger partial charge in [-0.25, -0.2) is 0 Å². The second kappa shape index (κ2) is 5.74. The largest absolute Gasteiger partial charge is 0.464 e. The zero-order valence-corrected chi connectivity index (χ0v) is 11.2. The molecule has 1 aromatic carbocycles. The van der Waals surface area contributed by atoms with Gasteiger partial charge in [-0.1, -0.05) is 18.2 Å². The lowest BCUT2D eigenvalue weighted by atomic mass is 10.1. The van der Waals surface area contributed by atoms with E-state index in [9.17, 15) is 0 Å². The molecule has 1 aromatic heterocycles. The monoisotopic (exact) mass is 266 g/mol. The quantitative estimate of drug-likeness (QED) is 0.909.